The molecule has 0 unspecified atom stereocenters. The van der Waals surface area contributed by atoms with Gasteiger partial charge in [0.2, 0.25) is 0 Å². The molecule has 1 aliphatic heterocycles. The van der Waals surface area contributed by atoms with Crippen LogP contribution >= 0.6 is 0 Å². The number of hydrogen-bond acceptors (Lipinski definition) is 3. The van der Waals surface area contributed by atoms with Gasteiger partial charge >= 0.3 is 0 Å². The van der Waals surface area contributed by atoms with Crippen molar-refractivity contribution in [2.75, 3.05) is 4.90 Å². The molecular weight excluding hydrogens is 1070 g/mol. The van der Waals surface area contributed by atoms with E-state index in [1.807, 2.05) is 30.5 Å². The maximum Gasteiger partial charge on any atom is 0.143 e. The first kappa shape index (κ1) is 41.7. The number of anilines is 2. The fourth-order valence-corrected chi connectivity index (χ4v) is 12.0. The third-order valence-corrected chi connectivity index (χ3v) is 14.9. The average Bonchev–Trinajstić information content (AvgIpc) is 4.12. The topological polar surface area (TPSA) is 39.1 Å². The molecule has 0 bridgehead atoms. The summed E-state index contributed by atoms with van der Waals surface area (Å²) in [6.07, 6.45) is 1.89. The minimum Gasteiger partial charge on any atom is -0.509 e. The Hall–Kier alpha value is -9.09. The number of pyridine rings is 1. The Balaban J connectivity index is 0.00000473. The number of para-hydroxylation sites is 5. The van der Waals surface area contributed by atoms with Gasteiger partial charge in [0.15, 0.2) is 0 Å². The molecule has 0 fully saturated rings. The number of aromatic nitrogens is 4. The van der Waals surface area contributed by atoms with Crippen LogP contribution in [0.15, 0.2) is 225 Å². The van der Waals surface area contributed by atoms with Crippen molar-refractivity contribution >= 4 is 120 Å². The van der Waals surface area contributed by atoms with Crippen molar-refractivity contribution in [3.63, 3.8) is 0 Å². The Morgan fingerprint density at radius 3 is 1.73 bits per heavy atom. The van der Waals surface area contributed by atoms with Gasteiger partial charge in [0.25, 0.3) is 0 Å². The van der Waals surface area contributed by atoms with E-state index in [-0.39, 0.29) is 21.1 Å². The summed E-state index contributed by atoms with van der Waals surface area (Å²) in [5.74, 6) is 1.16. The predicted octanol–water partition coefficient (Wildman–Crippen LogP) is 17.1. The van der Waals surface area contributed by atoms with Crippen LogP contribution in [0.3, 0.4) is 0 Å². The Morgan fingerprint density at radius 1 is 0.384 bits per heavy atom. The smallest absolute Gasteiger partial charge is 0.143 e. The first-order valence-electron chi connectivity index (χ1n) is 24.4. The van der Waals surface area contributed by atoms with E-state index >= 15 is 0 Å². The SMILES string of the molecule is [Pt].[c-]1c(Oc2[c-]c3c(cc2)c2cccc4c2n3c2ncccc2c2cccc3c5ccccc5n4c32)cccc1N1[CH-]n2c3c(-c4ccccc4)cccc3c3ccccc3c3ccccc3c3cccc1c32. The van der Waals surface area contributed by atoms with Crippen molar-refractivity contribution in [1.82, 2.24) is 18.4 Å². The van der Waals surface area contributed by atoms with E-state index in [0.717, 1.165) is 93.6 Å². The second kappa shape index (κ2) is 16.0. The second-order valence-electron chi connectivity index (χ2n) is 18.7. The van der Waals surface area contributed by atoms with E-state index in [9.17, 15) is 0 Å². The van der Waals surface area contributed by atoms with E-state index in [2.05, 4.69) is 231 Å². The van der Waals surface area contributed by atoms with Gasteiger partial charge in [0.1, 0.15) is 5.65 Å². The standard InChI is InChI=1S/C66H38N5O.Pt/c1-2-16-41(17-3-1)45-25-11-26-52-48-22-6-4-20-46(48)47-21-5-7-23-49(47)53-29-13-33-59-64(53)69(62(45)52)40-68(59)42-18-10-19-43(38-42)72-44-35-36-51-55-30-14-34-60-65(55)71(61(51)39-44)66-57(31-15-37-67-66)56-28-12-27-54-50-24-8-9-32-58(50)70(60)63(54)56;/h1-37,40H;/q-3;. The molecule has 5 aromatic heterocycles. The van der Waals surface area contributed by atoms with Gasteiger partial charge in [0.05, 0.1) is 22.1 Å². The van der Waals surface area contributed by atoms with Crippen LogP contribution < -0.4 is 9.64 Å². The molecule has 7 heteroatoms. The molecule has 346 valence electrons. The van der Waals surface area contributed by atoms with Gasteiger partial charge in [-0.15, -0.1) is 35.7 Å². The number of ether oxygens (including phenoxy) is 1. The molecule has 6 nitrogen and oxygen atoms in total. The Morgan fingerprint density at radius 2 is 0.945 bits per heavy atom. The quantitative estimate of drug-likeness (QED) is 0.165. The molecule has 15 aromatic rings. The molecule has 0 spiro atoms. The van der Waals surface area contributed by atoms with Crippen LogP contribution in [0.2, 0.25) is 0 Å². The molecule has 0 amide bonds. The number of rotatable bonds is 4. The minimum atomic E-state index is 0. The molecule has 0 aliphatic carbocycles. The van der Waals surface area contributed by atoms with Crippen LogP contribution in [-0.4, -0.2) is 18.4 Å². The summed E-state index contributed by atoms with van der Waals surface area (Å²) < 4.78 is 14.0. The van der Waals surface area contributed by atoms with Crippen LogP contribution in [0.1, 0.15) is 0 Å². The molecule has 10 aromatic carbocycles. The van der Waals surface area contributed by atoms with Gasteiger partial charge in [-0.05, 0) is 96.9 Å². The summed E-state index contributed by atoms with van der Waals surface area (Å²) in [5.41, 5.74) is 12.7. The van der Waals surface area contributed by atoms with Crippen molar-refractivity contribution in [2.45, 2.75) is 0 Å². The van der Waals surface area contributed by atoms with E-state index in [1.54, 1.807) is 0 Å². The molecule has 6 heterocycles. The van der Waals surface area contributed by atoms with E-state index in [4.69, 9.17) is 9.72 Å². The summed E-state index contributed by atoms with van der Waals surface area (Å²) in [7, 11) is 0. The minimum absolute atomic E-state index is 0. The van der Waals surface area contributed by atoms with Crippen LogP contribution in [-0.2, 0) is 21.1 Å². The third-order valence-electron chi connectivity index (χ3n) is 14.9. The maximum absolute atomic E-state index is 6.87. The Labute approximate surface area is 432 Å². The summed E-state index contributed by atoms with van der Waals surface area (Å²) >= 11 is 0. The van der Waals surface area contributed by atoms with Crippen LogP contribution in [0.4, 0.5) is 11.4 Å². The van der Waals surface area contributed by atoms with E-state index < -0.39 is 0 Å². The third kappa shape index (κ3) is 5.96. The van der Waals surface area contributed by atoms with Crippen molar-refractivity contribution in [3.05, 3.63) is 243 Å². The molecule has 0 N–H and O–H groups in total. The van der Waals surface area contributed by atoms with Crippen molar-refractivity contribution in [1.29, 1.82) is 0 Å². The number of fused-ring (bicyclic) bond motifs is 17. The van der Waals surface area contributed by atoms with Gasteiger partial charge in [0, 0.05) is 66.0 Å². The summed E-state index contributed by atoms with van der Waals surface area (Å²) in [6, 6.07) is 85.6. The predicted molar refractivity (Wildman–Crippen MR) is 297 cm³/mol. The molecule has 1 aliphatic rings. The van der Waals surface area contributed by atoms with Crippen LogP contribution in [0.5, 0.6) is 11.5 Å². The summed E-state index contributed by atoms with van der Waals surface area (Å²) in [5, 5.41) is 13.9. The van der Waals surface area contributed by atoms with Gasteiger partial charge in [-0.2, -0.15) is 12.1 Å². The average molecular weight is 1110 g/mol. The Bertz CT molecular complexity index is 4900. The zero-order valence-corrected chi connectivity index (χ0v) is 41.2. The van der Waals surface area contributed by atoms with Crippen molar-refractivity contribution < 1.29 is 25.8 Å². The molecule has 0 atom stereocenters. The second-order valence-corrected chi connectivity index (χ2v) is 18.7. The summed E-state index contributed by atoms with van der Waals surface area (Å²) in [6.45, 7) is 2.23. The zero-order chi connectivity index (χ0) is 47.0. The van der Waals surface area contributed by atoms with Crippen LogP contribution in [0.25, 0.3) is 120 Å². The Kier molecular flexibility index (Phi) is 9.11. The maximum atomic E-state index is 6.87. The van der Waals surface area contributed by atoms with Gasteiger partial charge in [-0.1, -0.05) is 169 Å². The first-order chi connectivity index (χ1) is 35.7. The molecule has 0 saturated heterocycles. The number of hydrogen-bond donors (Lipinski definition) is 0. The van der Waals surface area contributed by atoms with Gasteiger partial charge < -0.3 is 23.0 Å². The van der Waals surface area contributed by atoms with Gasteiger partial charge in [-0.3, -0.25) is 0 Å². The monoisotopic (exact) mass is 1110 g/mol. The molecule has 0 saturated carbocycles. The van der Waals surface area contributed by atoms with E-state index in [1.165, 1.54) is 37.8 Å². The van der Waals surface area contributed by atoms with Crippen molar-refractivity contribution in [3.8, 4) is 22.6 Å². The summed E-state index contributed by atoms with van der Waals surface area (Å²) in [4.78, 5) is 7.39. The fraction of sp³-hybridized carbons (Fsp3) is 0. The van der Waals surface area contributed by atoms with Crippen molar-refractivity contribution in [2.24, 2.45) is 0 Å². The first-order valence-corrected chi connectivity index (χ1v) is 24.4. The molecule has 16 rings (SSSR count). The molecule has 73 heavy (non-hydrogen) atoms. The number of nitrogens with zero attached hydrogens (tertiary/aromatic N) is 5. The molecular formula is C66H38N5OPt-3. The van der Waals surface area contributed by atoms with E-state index in [0.29, 0.717) is 11.5 Å². The number of benzene rings is 10. The largest absolute Gasteiger partial charge is 0.509 e. The normalized spacial score (nSPS) is 12.4. The van der Waals surface area contributed by atoms with Gasteiger partial charge in [-0.25, -0.2) is 4.98 Å². The molecule has 0 radical (unpaired) electrons. The van der Waals surface area contributed by atoms with Crippen LogP contribution in [0, 0.1) is 18.8 Å². The zero-order valence-electron chi connectivity index (χ0n) is 38.9. The fourth-order valence-electron chi connectivity index (χ4n) is 12.0.